The molecule has 0 radical (unpaired) electrons. The number of nitrogens with one attached hydrogen (secondary N) is 3. The van der Waals surface area contributed by atoms with Crippen LogP contribution < -0.4 is 21.7 Å². The Morgan fingerprint density at radius 2 is 2.23 bits per heavy atom. The molecule has 1 aromatic heterocycles. The number of primary amides is 1. The number of anilines is 4. The van der Waals surface area contributed by atoms with E-state index in [2.05, 4.69) is 32.0 Å². The van der Waals surface area contributed by atoms with Gasteiger partial charge in [-0.25, -0.2) is 9.37 Å². The number of amides is 1. The molecule has 26 heavy (non-hydrogen) atoms. The Kier molecular flexibility index (Phi) is 4.32. The summed E-state index contributed by atoms with van der Waals surface area (Å²) in [5, 5.41) is 9.44. The molecule has 2 aromatic rings. The zero-order chi connectivity index (χ0) is 18.1. The fraction of sp³-hybridized carbons (Fsp3) is 0.389. The molecule has 1 aliphatic carbocycles. The first kappa shape index (κ1) is 16.6. The van der Waals surface area contributed by atoms with Crippen LogP contribution in [0.2, 0.25) is 0 Å². The number of fused-ring (bicyclic) bond motifs is 1. The number of nitrogens with two attached hydrogens (primary N) is 1. The van der Waals surface area contributed by atoms with Crippen molar-refractivity contribution in [2.45, 2.75) is 31.7 Å². The minimum atomic E-state index is -0.554. The molecule has 2 aliphatic rings. The summed E-state index contributed by atoms with van der Waals surface area (Å²) >= 11 is 0. The summed E-state index contributed by atoms with van der Waals surface area (Å²) < 4.78 is 14.1. The SMILES string of the molecule is NC(=O)C1CCCC1Nc1nc(Nc2ccc3c(c2)NCC3)ncc1F. The molecule has 0 spiro atoms. The summed E-state index contributed by atoms with van der Waals surface area (Å²) in [4.78, 5) is 19.8. The van der Waals surface area contributed by atoms with E-state index < -0.39 is 5.82 Å². The van der Waals surface area contributed by atoms with Crippen LogP contribution in [0, 0.1) is 11.7 Å². The molecule has 136 valence electrons. The second-order valence-electron chi connectivity index (χ2n) is 6.75. The van der Waals surface area contributed by atoms with Crippen LogP contribution in [-0.4, -0.2) is 28.5 Å². The third kappa shape index (κ3) is 3.26. The Labute approximate surface area is 150 Å². The van der Waals surface area contributed by atoms with Gasteiger partial charge in [-0.3, -0.25) is 4.79 Å². The molecule has 7 nitrogen and oxygen atoms in total. The molecular formula is C18H21FN6O. The maximum Gasteiger partial charge on any atom is 0.229 e. The number of carbonyl (C=O) groups excluding carboxylic acids is 1. The zero-order valence-corrected chi connectivity index (χ0v) is 14.3. The van der Waals surface area contributed by atoms with Crippen molar-refractivity contribution in [1.29, 1.82) is 0 Å². The van der Waals surface area contributed by atoms with Crippen molar-refractivity contribution in [3.8, 4) is 0 Å². The summed E-state index contributed by atoms with van der Waals surface area (Å²) in [6.07, 6.45) is 4.49. The van der Waals surface area contributed by atoms with Gasteiger partial charge in [-0.1, -0.05) is 12.5 Å². The molecule has 1 aliphatic heterocycles. The van der Waals surface area contributed by atoms with E-state index >= 15 is 0 Å². The molecule has 1 amide bonds. The van der Waals surface area contributed by atoms with E-state index in [0.717, 1.165) is 43.4 Å². The quantitative estimate of drug-likeness (QED) is 0.656. The Morgan fingerprint density at radius 3 is 3.08 bits per heavy atom. The lowest BCUT2D eigenvalue weighted by Gasteiger charge is -2.19. The smallest absolute Gasteiger partial charge is 0.229 e. The van der Waals surface area contributed by atoms with Gasteiger partial charge in [0.1, 0.15) is 0 Å². The second-order valence-corrected chi connectivity index (χ2v) is 6.75. The molecule has 4 rings (SSSR count). The average molecular weight is 356 g/mol. The number of rotatable bonds is 5. The number of carbonyl (C=O) groups is 1. The lowest BCUT2D eigenvalue weighted by molar-refractivity contribution is -0.121. The first-order valence-corrected chi connectivity index (χ1v) is 8.82. The van der Waals surface area contributed by atoms with Crippen LogP contribution in [0.1, 0.15) is 24.8 Å². The summed E-state index contributed by atoms with van der Waals surface area (Å²) in [5.41, 5.74) is 8.62. The highest BCUT2D eigenvalue weighted by atomic mass is 19.1. The Bertz CT molecular complexity index is 842. The van der Waals surface area contributed by atoms with E-state index in [1.807, 2.05) is 12.1 Å². The molecule has 5 N–H and O–H groups in total. The van der Waals surface area contributed by atoms with Gasteiger partial charge in [-0.05, 0) is 37.0 Å². The van der Waals surface area contributed by atoms with Crippen LogP contribution in [0.4, 0.5) is 27.5 Å². The highest BCUT2D eigenvalue weighted by Crippen LogP contribution is 2.30. The molecule has 0 saturated heterocycles. The van der Waals surface area contributed by atoms with Crippen LogP contribution >= 0.6 is 0 Å². The van der Waals surface area contributed by atoms with Crippen molar-refractivity contribution in [2.75, 3.05) is 22.5 Å². The van der Waals surface area contributed by atoms with Gasteiger partial charge in [-0.15, -0.1) is 0 Å². The first-order valence-electron chi connectivity index (χ1n) is 8.82. The summed E-state index contributed by atoms with van der Waals surface area (Å²) in [6, 6.07) is 5.79. The second kappa shape index (κ2) is 6.78. The van der Waals surface area contributed by atoms with Gasteiger partial charge in [0.15, 0.2) is 11.6 Å². The number of halogens is 1. The third-order valence-corrected chi connectivity index (χ3v) is 5.02. The highest BCUT2D eigenvalue weighted by molar-refractivity contribution is 5.78. The van der Waals surface area contributed by atoms with E-state index in [9.17, 15) is 9.18 Å². The van der Waals surface area contributed by atoms with Gasteiger partial charge in [-0.2, -0.15) is 4.98 Å². The number of nitrogens with zero attached hydrogens (tertiary/aromatic N) is 2. The summed E-state index contributed by atoms with van der Waals surface area (Å²) in [6.45, 7) is 0.933. The fourth-order valence-electron chi connectivity index (χ4n) is 3.68. The average Bonchev–Trinajstić information content (AvgIpc) is 3.26. The van der Waals surface area contributed by atoms with Crippen molar-refractivity contribution in [2.24, 2.45) is 11.7 Å². The van der Waals surface area contributed by atoms with Crippen LogP contribution in [-0.2, 0) is 11.2 Å². The molecule has 2 atom stereocenters. The minimum Gasteiger partial charge on any atom is -0.384 e. The van der Waals surface area contributed by atoms with E-state index in [1.54, 1.807) is 0 Å². The van der Waals surface area contributed by atoms with Gasteiger partial charge in [0.2, 0.25) is 11.9 Å². The first-order chi connectivity index (χ1) is 12.6. The van der Waals surface area contributed by atoms with Crippen LogP contribution in [0.5, 0.6) is 0 Å². The molecule has 1 aromatic carbocycles. The maximum atomic E-state index is 14.1. The number of hydrogen-bond acceptors (Lipinski definition) is 6. The van der Waals surface area contributed by atoms with E-state index in [1.165, 1.54) is 5.56 Å². The Balaban J connectivity index is 1.52. The van der Waals surface area contributed by atoms with Crippen LogP contribution in [0.15, 0.2) is 24.4 Å². The fourth-order valence-corrected chi connectivity index (χ4v) is 3.68. The van der Waals surface area contributed by atoms with Crippen molar-refractivity contribution in [1.82, 2.24) is 9.97 Å². The number of aromatic nitrogens is 2. The van der Waals surface area contributed by atoms with E-state index in [-0.39, 0.29) is 23.7 Å². The van der Waals surface area contributed by atoms with Gasteiger partial charge >= 0.3 is 0 Å². The topological polar surface area (TPSA) is 105 Å². The van der Waals surface area contributed by atoms with Gasteiger partial charge < -0.3 is 21.7 Å². The third-order valence-electron chi connectivity index (χ3n) is 5.02. The van der Waals surface area contributed by atoms with Gasteiger partial charge in [0.25, 0.3) is 0 Å². The predicted octanol–water partition coefficient (Wildman–Crippen LogP) is 2.39. The summed E-state index contributed by atoms with van der Waals surface area (Å²) in [5.74, 6) is -0.844. The Hall–Kier alpha value is -2.90. The predicted molar refractivity (Wildman–Crippen MR) is 97.9 cm³/mol. The van der Waals surface area contributed by atoms with Crippen LogP contribution in [0.3, 0.4) is 0 Å². The maximum absolute atomic E-state index is 14.1. The standard InChI is InChI=1S/C18H21FN6O/c19-13-9-22-18(23-11-5-4-10-6-7-21-15(10)8-11)25-17(13)24-14-3-1-2-12(14)16(20)26/h4-5,8-9,12,14,21H,1-3,6-7H2,(H2,20,26)(H2,22,23,24,25). The molecule has 2 heterocycles. The highest BCUT2D eigenvalue weighted by Gasteiger charge is 2.32. The van der Waals surface area contributed by atoms with E-state index in [4.69, 9.17) is 5.73 Å². The number of hydrogen-bond donors (Lipinski definition) is 4. The van der Waals surface area contributed by atoms with Crippen molar-refractivity contribution < 1.29 is 9.18 Å². The van der Waals surface area contributed by atoms with Gasteiger partial charge in [0, 0.05) is 24.0 Å². The molecule has 1 fully saturated rings. The molecule has 0 bridgehead atoms. The van der Waals surface area contributed by atoms with Crippen molar-refractivity contribution >= 4 is 29.0 Å². The van der Waals surface area contributed by atoms with Crippen molar-refractivity contribution in [3.63, 3.8) is 0 Å². The monoisotopic (exact) mass is 356 g/mol. The van der Waals surface area contributed by atoms with E-state index in [0.29, 0.717) is 12.4 Å². The van der Waals surface area contributed by atoms with Crippen molar-refractivity contribution in [3.05, 3.63) is 35.8 Å². The Morgan fingerprint density at radius 1 is 1.35 bits per heavy atom. The molecular weight excluding hydrogens is 335 g/mol. The molecule has 2 unspecified atom stereocenters. The van der Waals surface area contributed by atoms with Crippen LogP contribution in [0.25, 0.3) is 0 Å². The normalized spacial score (nSPS) is 21.1. The lowest BCUT2D eigenvalue weighted by atomic mass is 10.0. The number of benzene rings is 1. The minimum absolute atomic E-state index is 0.0833. The lowest BCUT2D eigenvalue weighted by Crippen LogP contribution is -2.34. The van der Waals surface area contributed by atoms with Gasteiger partial charge in [0.05, 0.1) is 12.1 Å². The largest absolute Gasteiger partial charge is 0.384 e. The summed E-state index contributed by atoms with van der Waals surface area (Å²) in [7, 11) is 0. The zero-order valence-electron chi connectivity index (χ0n) is 14.3. The molecule has 1 saturated carbocycles. The molecule has 8 heteroatoms.